The van der Waals surface area contributed by atoms with Gasteiger partial charge in [0.15, 0.2) is 11.0 Å². The highest BCUT2D eigenvalue weighted by atomic mass is 32.2. The fourth-order valence-electron chi connectivity index (χ4n) is 4.18. The number of nitrogens with zero attached hydrogens (tertiary/aromatic N) is 2. The maximum absolute atomic E-state index is 13.3. The first-order valence-electron chi connectivity index (χ1n) is 11.1. The third-order valence-electron chi connectivity index (χ3n) is 5.79. The standard InChI is InChI=1S/C21H28N10O3S3/c22-9-15-18(28-21(23)35-15)12-3-1-2-11(8-12)14-4-5-16(36(32)31-13-6-7-27-10-13)19(37(26,33)34)17(14)20(29-24)30-25/h1-5,8,13,27,31H,6-7,9-10,22,24-25H2,(H2,23,28)(H,29,30)(H2,26,33,34). The summed E-state index contributed by atoms with van der Waals surface area (Å²) < 4.78 is 42.1. The van der Waals surface area contributed by atoms with Crippen LogP contribution in [0.4, 0.5) is 5.13 Å². The number of amidine groups is 1. The van der Waals surface area contributed by atoms with Crippen molar-refractivity contribution in [1.29, 1.82) is 0 Å². The van der Waals surface area contributed by atoms with Crippen LogP contribution in [-0.2, 0) is 27.6 Å². The average Bonchev–Trinajstić information content (AvgIpc) is 3.53. The number of thiazole rings is 1. The molecule has 1 aromatic heterocycles. The van der Waals surface area contributed by atoms with E-state index in [0.29, 0.717) is 34.1 Å². The van der Waals surface area contributed by atoms with E-state index in [4.69, 9.17) is 28.3 Å². The molecular weight excluding hydrogens is 536 g/mol. The largest absolute Gasteiger partial charge is 0.375 e. The lowest BCUT2D eigenvalue weighted by Crippen LogP contribution is -2.36. The summed E-state index contributed by atoms with van der Waals surface area (Å²) in [4.78, 5) is 4.74. The van der Waals surface area contributed by atoms with Crippen LogP contribution in [0, 0.1) is 0 Å². The van der Waals surface area contributed by atoms with E-state index in [1.54, 1.807) is 24.3 Å². The molecule has 0 radical (unpaired) electrons. The van der Waals surface area contributed by atoms with Crippen molar-refractivity contribution in [2.24, 2.45) is 27.7 Å². The molecule has 13 nitrogen and oxygen atoms in total. The zero-order valence-electron chi connectivity index (χ0n) is 19.6. The van der Waals surface area contributed by atoms with E-state index in [1.807, 2.05) is 6.07 Å². The van der Waals surface area contributed by atoms with Gasteiger partial charge in [0.25, 0.3) is 0 Å². The lowest BCUT2D eigenvalue weighted by atomic mass is 9.96. The summed E-state index contributed by atoms with van der Waals surface area (Å²) >= 11 is 1.29. The maximum Gasteiger partial charge on any atom is 0.240 e. The number of nitrogens with two attached hydrogens (primary N) is 5. The summed E-state index contributed by atoms with van der Waals surface area (Å²) in [5.74, 6) is 11.1. The van der Waals surface area contributed by atoms with Crippen LogP contribution in [0.1, 0.15) is 16.9 Å². The molecular formula is C21H28N10O3S3. The van der Waals surface area contributed by atoms with Gasteiger partial charge in [0, 0.05) is 35.1 Å². The van der Waals surface area contributed by atoms with Gasteiger partial charge in [-0.1, -0.05) is 24.3 Å². The summed E-state index contributed by atoms with van der Waals surface area (Å²) in [7, 11) is -6.34. The quantitative estimate of drug-likeness (QED) is 0.0734. The second-order valence-corrected chi connectivity index (χ2v) is 12.0. The van der Waals surface area contributed by atoms with Gasteiger partial charge in [-0.15, -0.1) is 11.3 Å². The molecule has 4 rings (SSSR count). The maximum atomic E-state index is 13.3. The molecule has 2 atom stereocenters. The molecule has 2 unspecified atom stereocenters. The van der Waals surface area contributed by atoms with E-state index in [-0.39, 0.29) is 28.9 Å². The lowest BCUT2D eigenvalue weighted by molar-refractivity contribution is 0.593. The number of aromatic nitrogens is 1. The van der Waals surface area contributed by atoms with Crippen LogP contribution in [0.25, 0.3) is 22.4 Å². The molecule has 0 spiro atoms. The van der Waals surface area contributed by atoms with Gasteiger partial charge in [-0.2, -0.15) is 5.10 Å². The lowest BCUT2D eigenvalue weighted by Gasteiger charge is -2.19. The van der Waals surface area contributed by atoms with Crippen molar-refractivity contribution >= 4 is 43.3 Å². The fraction of sp³-hybridized carbons (Fsp3) is 0.238. The topological polar surface area (TPSA) is 243 Å². The highest BCUT2D eigenvalue weighted by molar-refractivity contribution is 7.90. The molecule has 37 heavy (non-hydrogen) atoms. The molecule has 0 aliphatic carbocycles. The van der Waals surface area contributed by atoms with Gasteiger partial charge in [-0.05, 0) is 36.2 Å². The number of hydrazone groups is 1. The zero-order valence-corrected chi connectivity index (χ0v) is 22.1. The number of sulfonamides is 1. The predicted octanol–water partition coefficient (Wildman–Crippen LogP) is -0.777. The van der Waals surface area contributed by atoms with Crippen LogP contribution in [0.3, 0.4) is 0 Å². The third kappa shape index (κ3) is 5.65. The molecule has 0 amide bonds. The Morgan fingerprint density at radius 3 is 2.65 bits per heavy atom. The zero-order chi connectivity index (χ0) is 26.7. The molecule has 1 saturated heterocycles. The van der Waals surface area contributed by atoms with Crippen molar-refractivity contribution in [2.45, 2.75) is 28.8 Å². The van der Waals surface area contributed by atoms with Crippen LogP contribution in [0.15, 0.2) is 51.3 Å². The minimum Gasteiger partial charge on any atom is -0.375 e. The molecule has 13 N–H and O–H groups in total. The molecule has 3 aromatic rings. The van der Waals surface area contributed by atoms with E-state index in [1.165, 1.54) is 17.4 Å². The van der Waals surface area contributed by atoms with Crippen LogP contribution in [0.5, 0.6) is 0 Å². The van der Waals surface area contributed by atoms with Gasteiger partial charge in [-0.25, -0.2) is 33.3 Å². The molecule has 1 fully saturated rings. The number of nitrogen functional groups attached to an aromatic ring is 1. The number of hydrogen-bond acceptors (Lipinski definition) is 11. The second kappa shape index (κ2) is 11.2. The van der Waals surface area contributed by atoms with Crippen molar-refractivity contribution in [3.05, 3.63) is 46.8 Å². The summed E-state index contributed by atoms with van der Waals surface area (Å²) in [5.41, 5.74) is 16.4. The van der Waals surface area contributed by atoms with Crippen molar-refractivity contribution in [2.75, 3.05) is 18.8 Å². The molecule has 1 aliphatic heterocycles. The van der Waals surface area contributed by atoms with E-state index >= 15 is 0 Å². The first-order valence-corrected chi connectivity index (χ1v) is 14.6. The monoisotopic (exact) mass is 564 g/mol. The average molecular weight is 565 g/mol. The SMILES string of the molecule is NCc1sc(N)nc1-c1cccc(-c2ccc(S(=O)NC3CCNC3)c(S(N)(=O)=O)c2/C(=N/N)NN)c1. The summed E-state index contributed by atoms with van der Waals surface area (Å²) in [5, 5.41) is 12.8. The van der Waals surface area contributed by atoms with Crippen LogP contribution >= 0.6 is 11.3 Å². The van der Waals surface area contributed by atoms with Crippen LogP contribution < -0.4 is 43.8 Å². The molecule has 2 heterocycles. The number of nitrogens with one attached hydrogen (secondary N) is 3. The normalized spacial score (nSPS) is 17.2. The van der Waals surface area contributed by atoms with E-state index < -0.39 is 25.9 Å². The number of benzene rings is 2. The number of primary sulfonamides is 1. The van der Waals surface area contributed by atoms with Gasteiger partial charge >= 0.3 is 0 Å². The molecule has 198 valence electrons. The van der Waals surface area contributed by atoms with Gasteiger partial charge in [0.2, 0.25) is 10.0 Å². The predicted molar refractivity (Wildman–Crippen MR) is 146 cm³/mol. The highest BCUT2D eigenvalue weighted by Crippen LogP contribution is 2.36. The Labute approximate surface area is 220 Å². The molecule has 16 heteroatoms. The van der Waals surface area contributed by atoms with Crippen molar-refractivity contribution < 1.29 is 12.6 Å². The van der Waals surface area contributed by atoms with Gasteiger partial charge in [0.1, 0.15) is 15.9 Å². The van der Waals surface area contributed by atoms with E-state index in [9.17, 15) is 12.6 Å². The molecule has 2 aromatic carbocycles. The highest BCUT2D eigenvalue weighted by Gasteiger charge is 2.30. The molecule has 1 aliphatic rings. The van der Waals surface area contributed by atoms with Crippen LogP contribution in [0.2, 0.25) is 0 Å². The van der Waals surface area contributed by atoms with Gasteiger partial charge in [-0.3, -0.25) is 0 Å². The minimum atomic E-state index is -4.43. The molecule has 0 bridgehead atoms. The van der Waals surface area contributed by atoms with Gasteiger partial charge < -0.3 is 28.1 Å². The number of anilines is 1. The number of hydrogen-bond donors (Lipinski definition) is 8. The summed E-state index contributed by atoms with van der Waals surface area (Å²) in [6.07, 6.45) is 0.736. The van der Waals surface area contributed by atoms with Crippen molar-refractivity contribution in [1.82, 2.24) is 20.4 Å². The van der Waals surface area contributed by atoms with E-state index in [0.717, 1.165) is 17.8 Å². The Hall–Kier alpha value is -2.96. The smallest absolute Gasteiger partial charge is 0.240 e. The first-order chi connectivity index (χ1) is 17.7. The van der Waals surface area contributed by atoms with Crippen molar-refractivity contribution in [3.8, 4) is 22.4 Å². The summed E-state index contributed by atoms with van der Waals surface area (Å²) in [6.45, 7) is 1.61. The van der Waals surface area contributed by atoms with Crippen LogP contribution in [-0.4, -0.2) is 42.6 Å². The second-order valence-electron chi connectivity index (χ2n) is 8.17. The first kappa shape index (κ1) is 27.1. The number of rotatable bonds is 8. The number of hydrazine groups is 1. The summed E-state index contributed by atoms with van der Waals surface area (Å²) in [6, 6.07) is 10.1. The fourth-order valence-corrected chi connectivity index (χ4v) is 7.42. The molecule has 0 saturated carbocycles. The Kier molecular flexibility index (Phi) is 8.20. The van der Waals surface area contributed by atoms with Crippen molar-refractivity contribution in [3.63, 3.8) is 0 Å². The Bertz CT molecular complexity index is 1470. The third-order valence-corrected chi connectivity index (χ3v) is 9.10. The Morgan fingerprint density at radius 2 is 2.03 bits per heavy atom. The Balaban J connectivity index is 1.93. The minimum absolute atomic E-state index is 0.0151. The Morgan fingerprint density at radius 1 is 1.27 bits per heavy atom. The van der Waals surface area contributed by atoms with Gasteiger partial charge in [0.05, 0.1) is 10.6 Å². The van der Waals surface area contributed by atoms with E-state index in [2.05, 4.69) is 25.6 Å².